The van der Waals surface area contributed by atoms with Crippen LogP contribution < -0.4 is 0 Å². The van der Waals surface area contributed by atoms with Crippen LogP contribution in [0, 0.1) is 17.8 Å². The number of rotatable bonds is 7. The van der Waals surface area contributed by atoms with Gasteiger partial charge < -0.3 is 4.74 Å². The Morgan fingerprint density at radius 2 is 0.848 bits per heavy atom. The van der Waals surface area contributed by atoms with E-state index in [9.17, 15) is 74.6 Å². The molecule has 2 bridgehead atoms. The number of halogens is 17. The largest absolute Gasteiger partial charge is 0.460 e. The molecule has 0 aromatic carbocycles. The van der Waals surface area contributed by atoms with Crippen LogP contribution in [0.2, 0.25) is 0 Å². The Balaban J connectivity index is 2.01. The van der Waals surface area contributed by atoms with Crippen molar-refractivity contribution in [2.45, 2.75) is 72.7 Å². The molecule has 33 heavy (non-hydrogen) atoms. The van der Waals surface area contributed by atoms with Crippen molar-refractivity contribution in [3.8, 4) is 0 Å². The van der Waals surface area contributed by atoms with Gasteiger partial charge in [0.25, 0.3) is 0 Å². The average Bonchev–Trinajstić information content (AvgIpc) is 3.22. The van der Waals surface area contributed by atoms with Gasteiger partial charge in [-0.3, -0.25) is 0 Å². The Morgan fingerprint density at radius 1 is 0.455 bits per heavy atom. The van der Waals surface area contributed by atoms with Gasteiger partial charge >= 0.3 is 47.6 Å². The highest BCUT2D eigenvalue weighted by molar-refractivity contribution is 5.19. The highest BCUT2D eigenvalue weighted by Gasteiger charge is 2.95. The van der Waals surface area contributed by atoms with Crippen LogP contribution >= 0.6 is 0 Å². The van der Waals surface area contributed by atoms with Gasteiger partial charge in [-0.1, -0.05) is 0 Å². The van der Waals surface area contributed by atoms with E-state index in [0.717, 1.165) is 0 Å². The molecule has 1 saturated heterocycles. The van der Waals surface area contributed by atoms with E-state index in [1.54, 1.807) is 0 Å². The van der Waals surface area contributed by atoms with Gasteiger partial charge in [-0.25, -0.2) is 0 Å². The fraction of sp³-hybridized carbons (Fsp3) is 1.00. The van der Waals surface area contributed by atoms with Crippen LogP contribution in [0.4, 0.5) is 74.6 Å². The van der Waals surface area contributed by atoms with Crippen molar-refractivity contribution >= 4 is 0 Å². The first-order chi connectivity index (χ1) is 14.3. The summed E-state index contributed by atoms with van der Waals surface area (Å²) in [5, 5.41) is 0. The zero-order valence-corrected chi connectivity index (χ0v) is 15.1. The summed E-state index contributed by atoms with van der Waals surface area (Å²) < 4.78 is 231. The standard InChI is InChI=1S/C15H9F17O/c16-8(17,5-2-3-1-4(5)7-6(3)33-7)9(18,19)10(20,21)11(22,23)12(24,25)13(26,27)14(28,29)15(30,31)32/h3-7H,1-2H2. The highest BCUT2D eigenvalue weighted by Crippen LogP contribution is 2.68. The maximum atomic E-state index is 14.3. The predicted molar refractivity (Wildman–Crippen MR) is 69.0 cm³/mol. The first kappa shape index (κ1) is 26.4. The van der Waals surface area contributed by atoms with Crippen LogP contribution in [-0.4, -0.2) is 59.8 Å². The Hall–Kier alpha value is -1.23. The van der Waals surface area contributed by atoms with Gasteiger partial charge in [0.15, 0.2) is 0 Å². The quantitative estimate of drug-likeness (QED) is 0.275. The summed E-state index contributed by atoms with van der Waals surface area (Å²) in [5.41, 5.74) is 0. The summed E-state index contributed by atoms with van der Waals surface area (Å²) in [6.45, 7) is 0. The molecule has 18 heteroatoms. The van der Waals surface area contributed by atoms with Crippen LogP contribution in [0.25, 0.3) is 0 Å². The van der Waals surface area contributed by atoms with Crippen molar-refractivity contribution in [3.05, 3.63) is 0 Å². The van der Waals surface area contributed by atoms with E-state index in [-0.39, 0.29) is 6.42 Å². The highest BCUT2D eigenvalue weighted by atomic mass is 19.4. The molecule has 3 rings (SSSR count). The topological polar surface area (TPSA) is 12.5 Å². The lowest BCUT2D eigenvalue weighted by molar-refractivity contribution is -0.463. The van der Waals surface area contributed by atoms with Crippen molar-refractivity contribution in [3.63, 3.8) is 0 Å². The van der Waals surface area contributed by atoms with Crippen LogP contribution in [0.3, 0.4) is 0 Å². The van der Waals surface area contributed by atoms with E-state index < -0.39 is 84.0 Å². The molecule has 5 atom stereocenters. The number of fused-ring (bicyclic) bond motifs is 5. The molecular formula is C15H9F17O. The number of alkyl halides is 17. The summed E-state index contributed by atoms with van der Waals surface area (Å²) in [6, 6.07) is 0. The number of hydrogen-bond donors (Lipinski definition) is 0. The van der Waals surface area contributed by atoms with E-state index >= 15 is 0 Å². The third-order valence-corrected chi connectivity index (χ3v) is 6.31. The van der Waals surface area contributed by atoms with Gasteiger partial charge in [0, 0.05) is 5.92 Å². The third-order valence-electron chi connectivity index (χ3n) is 6.31. The van der Waals surface area contributed by atoms with Gasteiger partial charge in [-0.2, -0.15) is 74.6 Å². The molecule has 0 amide bonds. The smallest absolute Gasteiger partial charge is 0.369 e. The van der Waals surface area contributed by atoms with E-state index in [4.69, 9.17) is 4.74 Å². The third kappa shape index (κ3) is 2.90. The fourth-order valence-electron chi connectivity index (χ4n) is 4.43. The van der Waals surface area contributed by atoms with Gasteiger partial charge in [-0.05, 0) is 24.7 Å². The average molecular weight is 528 g/mol. The molecule has 0 N–H and O–H groups in total. The monoisotopic (exact) mass is 528 g/mol. The Kier molecular flexibility index (Phi) is 5.20. The molecule has 194 valence electrons. The molecule has 1 aliphatic heterocycles. The molecule has 1 heterocycles. The number of hydrogen-bond acceptors (Lipinski definition) is 1. The minimum atomic E-state index is -8.58. The van der Waals surface area contributed by atoms with Gasteiger partial charge in [0.05, 0.1) is 12.2 Å². The SMILES string of the molecule is FC(F)(F)C(F)(F)C(F)(F)C(F)(F)C(F)(F)C(F)(F)C(F)(F)C(F)(F)C1CC2CC1C1OC21. The predicted octanol–water partition coefficient (Wildman–Crippen LogP) is 6.42. The lowest BCUT2D eigenvalue weighted by atomic mass is 9.78. The summed E-state index contributed by atoms with van der Waals surface area (Å²) in [4.78, 5) is 0. The van der Waals surface area contributed by atoms with Crippen LogP contribution in [0.15, 0.2) is 0 Å². The lowest BCUT2D eigenvalue weighted by Crippen LogP contribution is -2.75. The number of epoxide rings is 1. The summed E-state index contributed by atoms with van der Waals surface area (Å²) in [6.07, 6.45) is -11.0. The molecule has 0 spiro atoms. The molecule has 5 unspecified atom stereocenters. The molecule has 3 aliphatic rings. The van der Waals surface area contributed by atoms with Crippen LogP contribution in [0.5, 0.6) is 0 Å². The molecule has 1 nitrogen and oxygen atoms in total. The van der Waals surface area contributed by atoms with Crippen molar-refractivity contribution in [2.24, 2.45) is 17.8 Å². The van der Waals surface area contributed by atoms with Gasteiger partial charge in [0.2, 0.25) is 0 Å². The van der Waals surface area contributed by atoms with Crippen molar-refractivity contribution in [1.82, 2.24) is 0 Å². The Bertz CT molecular complexity index is 799. The van der Waals surface area contributed by atoms with Gasteiger partial charge in [-0.15, -0.1) is 0 Å². The normalized spacial score (nSPS) is 31.7. The van der Waals surface area contributed by atoms with E-state index in [2.05, 4.69) is 0 Å². The zero-order chi connectivity index (χ0) is 26.0. The summed E-state index contributed by atoms with van der Waals surface area (Å²) >= 11 is 0. The molecule has 2 aliphatic carbocycles. The molecule has 0 aromatic heterocycles. The first-order valence-electron chi connectivity index (χ1n) is 8.69. The molecule has 0 aromatic rings. The lowest BCUT2D eigenvalue weighted by Gasteiger charge is -2.44. The molecule has 2 saturated carbocycles. The minimum absolute atomic E-state index is 0.320. The van der Waals surface area contributed by atoms with Crippen molar-refractivity contribution in [2.75, 3.05) is 0 Å². The van der Waals surface area contributed by atoms with Crippen molar-refractivity contribution < 1.29 is 79.4 Å². The molecule has 3 fully saturated rings. The Morgan fingerprint density at radius 3 is 1.21 bits per heavy atom. The number of ether oxygens (including phenoxy) is 1. The van der Waals surface area contributed by atoms with E-state index in [1.165, 1.54) is 0 Å². The van der Waals surface area contributed by atoms with Crippen molar-refractivity contribution in [1.29, 1.82) is 0 Å². The van der Waals surface area contributed by atoms with Crippen LogP contribution in [0.1, 0.15) is 12.8 Å². The summed E-state index contributed by atoms with van der Waals surface area (Å²) in [5.74, 6) is -61.2. The maximum Gasteiger partial charge on any atom is 0.460 e. The Labute approximate surface area is 171 Å². The second kappa shape index (κ2) is 6.50. The summed E-state index contributed by atoms with van der Waals surface area (Å²) in [7, 11) is 0. The van der Waals surface area contributed by atoms with Gasteiger partial charge in [0.1, 0.15) is 0 Å². The maximum absolute atomic E-state index is 14.3. The van der Waals surface area contributed by atoms with E-state index in [0.29, 0.717) is 0 Å². The fourth-order valence-corrected chi connectivity index (χ4v) is 4.43. The minimum Gasteiger partial charge on any atom is -0.369 e. The second-order valence-corrected chi connectivity index (χ2v) is 8.13. The second-order valence-electron chi connectivity index (χ2n) is 8.13. The zero-order valence-electron chi connectivity index (χ0n) is 15.1. The van der Waals surface area contributed by atoms with Crippen LogP contribution in [-0.2, 0) is 4.74 Å². The molecular weight excluding hydrogens is 519 g/mol. The first-order valence-corrected chi connectivity index (χ1v) is 8.69. The molecule has 0 radical (unpaired) electrons. The van der Waals surface area contributed by atoms with E-state index in [1.807, 2.05) is 0 Å².